The van der Waals surface area contributed by atoms with Crippen molar-refractivity contribution in [2.45, 2.75) is 32.4 Å². The fourth-order valence-electron chi connectivity index (χ4n) is 3.68. The number of aromatic nitrogens is 1. The van der Waals surface area contributed by atoms with Gasteiger partial charge in [0, 0.05) is 23.4 Å². The van der Waals surface area contributed by atoms with Crippen LogP contribution in [0, 0.1) is 12.7 Å². The van der Waals surface area contributed by atoms with Crippen LogP contribution in [0.3, 0.4) is 0 Å². The van der Waals surface area contributed by atoms with Crippen molar-refractivity contribution in [2.24, 2.45) is 0 Å². The molecule has 0 aliphatic heterocycles. The molecule has 3 aromatic carbocycles. The van der Waals surface area contributed by atoms with Gasteiger partial charge in [-0.05, 0) is 48.7 Å². The molecular formula is C28H27FN2O3S. The molecule has 0 bridgehead atoms. The number of carbonyl (C=O) groups is 1. The summed E-state index contributed by atoms with van der Waals surface area (Å²) in [4.78, 5) is 17.7. The quantitative estimate of drug-likeness (QED) is 0.284. The summed E-state index contributed by atoms with van der Waals surface area (Å²) in [6.07, 6.45) is 1.04. The second-order valence-corrected chi connectivity index (χ2v) is 9.44. The van der Waals surface area contributed by atoms with Gasteiger partial charge in [-0.1, -0.05) is 54.6 Å². The smallest absolute Gasteiger partial charge is 0.321 e. The zero-order valence-corrected chi connectivity index (χ0v) is 20.2. The number of nitrogens with one attached hydrogen (secondary N) is 1. The van der Waals surface area contributed by atoms with Crippen LogP contribution in [-0.2, 0) is 24.2 Å². The number of rotatable bonds is 11. The highest BCUT2D eigenvalue weighted by atomic mass is 32.1. The molecule has 0 radical (unpaired) electrons. The summed E-state index contributed by atoms with van der Waals surface area (Å²) < 4.78 is 19.0. The molecule has 0 aliphatic rings. The molecule has 0 spiro atoms. The van der Waals surface area contributed by atoms with Crippen LogP contribution in [0.5, 0.6) is 5.75 Å². The first kappa shape index (κ1) is 24.6. The average Bonchev–Trinajstić information content (AvgIpc) is 3.24. The Bertz CT molecular complexity index is 1240. The lowest BCUT2D eigenvalue weighted by molar-refractivity contribution is -0.139. The van der Waals surface area contributed by atoms with Gasteiger partial charge in [-0.15, -0.1) is 11.3 Å². The van der Waals surface area contributed by atoms with Gasteiger partial charge in [-0.2, -0.15) is 0 Å². The Morgan fingerprint density at radius 2 is 1.71 bits per heavy atom. The molecule has 2 N–H and O–H groups in total. The Morgan fingerprint density at radius 1 is 1.03 bits per heavy atom. The average molecular weight is 491 g/mol. The molecule has 0 saturated carbocycles. The first-order chi connectivity index (χ1) is 17.0. The van der Waals surface area contributed by atoms with E-state index in [0.717, 1.165) is 33.1 Å². The van der Waals surface area contributed by atoms with Crippen LogP contribution in [0.25, 0.3) is 10.6 Å². The summed E-state index contributed by atoms with van der Waals surface area (Å²) in [6.45, 7) is 2.94. The Morgan fingerprint density at radius 3 is 2.40 bits per heavy atom. The first-order valence-corrected chi connectivity index (χ1v) is 12.2. The van der Waals surface area contributed by atoms with Crippen molar-refractivity contribution in [1.29, 1.82) is 0 Å². The highest BCUT2D eigenvalue weighted by Gasteiger charge is 2.17. The van der Waals surface area contributed by atoms with Gasteiger partial charge in [0.2, 0.25) is 0 Å². The van der Waals surface area contributed by atoms with Gasteiger partial charge in [-0.25, -0.2) is 9.37 Å². The molecule has 0 fully saturated rings. The van der Waals surface area contributed by atoms with E-state index in [4.69, 9.17) is 9.72 Å². The van der Waals surface area contributed by atoms with Crippen molar-refractivity contribution in [3.05, 3.63) is 106 Å². The standard InChI is InChI=1S/C28H27FN2O3S/c1-19-25(31-27(35-19)22-5-3-2-4-6-22)15-16-34-24-13-9-20(10-14-24)17-26(28(32)33)30-18-21-7-11-23(29)12-8-21/h2-14,26,30H,15-18H2,1H3,(H,32,33). The van der Waals surface area contributed by atoms with Crippen molar-refractivity contribution in [1.82, 2.24) is 10.3 Å². The van der Waals surface area contributed by atoms with Gasteiger partial charge in [0.15, 0.2) is 0 Å². The molecule has 180 valence electrons. The van der Waals surface area contributed by atoms with Crippen molar-refractivity contribution in [3.63, 3.8) is 0 Å². The molecular weight excluding hydrogens is 463 g/mol. The molecule has 1 unspecified atom stereocenters. The normalized spacial score (nSPS) is 11.8. The number of aliphatic carboxylic acids is 1. The van der Waals surface area contributed by atoms with Gasteiger partial charge in [0.05, 0.1) is 12.3 Å². The Balaban J connectivity index is 1.28. The molecule has 7 heteroatoms. The van der Waals surface area contributed by atoms with Crippen LogP contribution in [-0.4, -0.2) is 28.7 Å². The maximum Gasteiger partial charge on any atom is 0.321 e. The van der Waals surface area contributed by atoms with E-state index in [2.05, 4.69) is 24.4 Å². The van der Waals surface area contributed by atoms with Gasteiger partial charge in [0.25, 0.3) is 0 Å². The van der Waals surface area contributed by atoms with E-state index in [9.17, 15) is 14.3 Å². The molecule has 1 heterocycles. The molecule has 4 aromatic rings. The Hall–Kier alpha value is -3.55. The van der Waals surface area contributed by atoms with Crippen LogP contribution in [0.1, 0.15) is 21.7 Å². The third kappa shape index (κ3) is 6.97. The monoisotopic (exact) mass is 490 g/mol. The first-order valence-electron chi connectivity index (χ1n) is 11.4. The van der Waals surface area contributed by atoms with Crippen molar-refractivity contribution < 1.29 is 19.0 Å². The molecule has 1 aromatic heterocycles. The van der Waals surface area contributed by atoms with E-state index in [-0.39, 0.29) is 5.82 Å². The number of carboxylic acid groups (broad SMARTS) is 1. The largest absolute Gasteiger partial charge is 0.493 e. The Labute approximate surface area is 208 Å². The highest BCUT2D eigenvalue weighted by molar-refractivity contribution is 7.15. The van der Waals surface area contributed by atoms with Crippen LogP contribution in [0.4, 0.5) is 4.39 Å². The Kier molecular flexibility index (Phi) is 8.23. The minimum absolute atomic E-state index is 0.315. The topological polar surface area (TPSA) is 71.5 Å². The van der Waals surface area contributed by atoms with Gasteiger partial charge in [-0.3, -0.25) is 4.79 Å². The van der Waals surface area contributed by atoms with Crippen molar-refractivity contribution >= 4 is 17.3 Å². The fourth-order valence-corrected chi connectivity index (χ4v) is 4.64. The summed E-state index contributed by atoms with van der Waals surface area (Å²) in [6, 6.07) is 22.9. The number of hydrogen-bond acceptors (Lipinski definition) is 5. The zero-order valence-electron chi connectivity index (χ0n) is 19.4. The van der Waals surface area contributed by atoms with Crippen molar-refractivity contribution in [2.75, 3.05) is 6.61 Å². The second-order valence-electron chi connectivity index (χ2n) is 8.23. The van der Waals surface area contributed by atoms with E-state index in [1.54, 1.807) is 23.5 Å². The number of halogens is 1. The molecule has 0 amide bonds. The zero-order chi connectivity index (χ0) is 24.6. The molecule has 0 aliphatic carbocycles. The van der Waals surface area contributed by atoms with E-state index in [0.29, 0.717) is 26.0 Å². The minimum Gasteiger partial charge on any atom is -0.493 e. The third-order valence-electron chi connectivity index (χ3n) is 5.65. The summed E-state index contributed by atoms with van der Waals surface area (Å²) in [5.41, 5.74) is 3.88. The maximum atomic E-state index is 13.1. The van der Waals surface area contributed by atoms with Gasteiger partial charge >= 0.3 is 5.97 Å². The number of thiazole rings is 1. The predicted molar refractivity (Wildman–Crippen MR) is 136 cm³/mol. The van der Waals surface area contributed by atoms with E-state index >= 15 is 0 Å². The number of ether oxygens (including phenoxy) is 1. The number of carboxylic acids is 1. The highest BCUT2D eigenvalue weighted by Crippen LogP contribution is 2.27. The van der Waals surface area contributed by atoms with Crippen LogP contribution >= 0.6 is 11.3 Å². The lowest BCUT2D eigenvalue weighted by Gasteiger charge is -2.15. The van der Waals surface area contributed by atoms with Crippen molar-refractivity contribution in [3.8, 4) is 16.3 Å². The lowest BCUT2D eigenvalue weighted by atomic mass is 10.1. The molecule has 5 nitrogen and oxygen atoms in total. The number of nitrogens with zero attached hydrogens (tertiary/aromatic N) is 1. The van der Waals surface area contributed by atoms with Gasteiger partial charge < -0.3 is 15.2 Å². The maximum absolute atomic E-state index is 13.1. The third-order valence-corrected chi connectivity index (χ3v) is 6.71. The number of benzene rings is 3. The molecule has 4 rings (SSSR count). The summed E-state index contributed by atoms with van der Waals surface area (Å²) in [7, 11) is 0. The molecule has 35 heavy (non-hydrogen) atoms. The lowest BCUT2D eigenvalue weighted by Crippen LogP contribution is -2.38. The van der Waals surface area contributed by atoms with Gasteiger partial charge in [0.1, 0.15) is 22.6 Å². The fraction of sp³-hybridized carbons (Fsp3) is 0.214. The second kappa shape index (κ2) is 11.7. The van der Waals surface area contributed by atoms with Crippen LogP contribution in [0.15, 0.2) is 78.9 Å². The number of hydrogen-bond donors (Lipinski definition) is 2. The summed E-state index contributed by atoms with van der Waals surface area (Å²) in [5.74, 6) is -0.512. The van der Waals surface area contributed by atoms with E-state index in [1.165, 1.54) is 17.0 Å². The van der Waals surface area contributed by atoms with E-state index in [1.807, 2.05) is 42.5 Å². The number of aryl methyl sites for hydroxylation is 1. The molecule has 1 atom stereocenters. The van der Waals surface area contributed by atoms with Crippen LogP contribution in [0.2, 0.25) is 0 Å². The summed E-state index contributed by atoms with van der Waals surface area (Å²) >= 11 is 1.69. The summed E-state index contributed by atoms with van der Waals surface area (Å²) in [5, 5.41) is 13.6. The molecule has 0 saturated heterocycles. The van der Waals surface area contributed by atoms with E-state index < -0.39 is 12.0 Å². The predicted octanol–water partition coefficient (Wildman–Crippen LogP) is 5.66. The minimum atomic E-state index is -0.930. The van der Waals surface area contributed by atoms with Crippen LogP contribution < -0.4 is 10.1 Å². The SMILES string of the molecule is Cc1sc(-c2ccccc2)nc1CCOc1ccc(CC(NCc2ccc(F)cc2)C(=O)O)cc1.